The van der Waals surface area contributed by atoms with Crippen molar-refractivity contribution in [3.05, 3.63) is 40.6 Å². The summed E-state index contributed by atoms with van der Waals surface area (Å²) in [4.78, 5) is 9.17. The second-order valence-corrected chi connectivity index (χ2v) is 5.05. The second kappa shape index (κ2) is 5.02. The van der Waals surface area contributed by atoms with Crippen molar-refractivity contribution in [1.29, 1.82) is 5.26 Å². The Balaban J connectivity index is 2.00. The fourth-order valence-corrected chi connectivity index (χ4v) is 2.54. The van der Waals surface area contributed by atoms with Gasteiger partial charge in [0.2, 0.25) is 0 Å². The Labute approximate surface area is 123 Å². The number of allylic oxidation sites excluding steroid dienone is 2. The number of nitrogens with one attached hydrogen (secondary N) is 1. The van der Waals surface area contributed by atoms with Gasteiger partial charge in [0.15, 0.2) is 0 Å². The number of nitrogens with zero attached hydrogens (tertiary/aromatic N) is 5. The summed E-state index contributed by atoms with van der Waals surface area (Å²) in [6, 6.07) is 2.20. The summed E-state index contributed by atoms with van der Waals surface area (Å²) in [5, 5.41) is 16.5. The third-order valence-corrected chi connectivity index (χ3v) is 3.84. The SMILES string of the molecule is CNc1nc(Cc2cnn(C)c2C)nc2c1C(C#N)=CC2. The summed E-state index contributed by atoms with van der Waals surface area (Å²) < 4.78 is 1.84. The van der Waals surface area contributed by atoms with E-state index in [1.54, 1.807) is 0 Å². The molecule has 21 heavy (non-hydrogen) atoms. The van der Waals surface area contributed by atoms with Crippen LogP contribution in [-0.2, 0) is 19.9 Å². The number of hydrogen-bond donors (Lipinski definition) is 1. The van der Waals surface area contributed by atoms with Crippen LogP contribution in [0.1, 0.15) is 28.3 Å². The molecule has 3 rings (SSSR count). The predicted octanol–water partition coefficient (Wildman–Crippen LogP) is 1.61. The van der Waals surface area contributed by atoms with Crippen molar-refractivity contribution in [2.75, 3.05) is 12.4 Å². The van der Waals surface area contributed by atoms with Crippen molar-refractivity contribution in [3.8, 4) is 6.07 Å². The summed E-state index contributed by atoms with van der Waals surface area (Å²) >= 11 is 0. The van der Waals surface area contributed by atoms with Crippen LogP contribution in [0.2, 0.25) is 0 Å². The fraction of sp³-hybridized carbons (Fsp3) is 0.333. The Morgan fingerprint density at radius 1 is 1.43 bits per heavy atom. The zero-order valence-electron chi connectivity index (χ0n) is 12.3. The molecule has 0 saturated heterocycles. The maximum absolute atomic E-state index is 9.16. The van der Waals surface area contributed by atoms with Gasteiger partial charge in [-0.1, -0.05) is 6.08 Å². The first-order valence-electron chi connectivity index (χ1n) is 6.79. The molecule has 0 amide bonds. The Bertz CT molecular complexity index is 778. The van der Waals surface area contributed by atoms with Crippen molar-refractivity contribution >= 4 is 11.4 Å². The first-order chi connectivity index (χ1) is 10.1. The van der Waals surface area contributed by atoms with E-state index in [1.807, 2.05) is 38.0 Å². The number of aryl methyl sites for hydroxylation is 1. The molecule has 2 heterocycles. The maximum atomic E-state index is 9.16. The van der Waals surface area contributed by atoms with Gasteiger partial charge in [-0.15, -0.1) is 0 Å². The highest BCUT2D eigenvalue weighted by molar-refractivity contribution is 5.86. The van der Waals surface area contributed by atoms with Crippen LogP contribution in [0.4, 0.5) is 5.82 Å². The van der Waals surface area contributed by atoms with Crippen LogP contribution in [0, 0.1) is 18.3 Å². The molecule has 6 nitrogen and oxygen atoms in total. The van der Waals surface area contributed by atoms with Crippen molar-refractivity contribution in [1.82, 2.24) is 19.7 Å². The van der Waals surface area contributed by atoms with Crippen molar-refractivity contribution < 1.29 is 0 Å². The molecule has 0 saturated carbocycles. The molecule has 6 heteroatoms. The van der Waals surface area contributed by atoms with Gasteiger partial charge in [-0.2, -0.15) is 10.4 Å². The van der Waals surface area contributed by atoms with Crippen LogP contribution >= 0.6 is 0 Å². The maximum Gasteiger partial charge on any atom is 0.138 e. The van der Waals surface area contributed by atoms with Crippen LogP contribution in [0.25, 0.3) is 5.57 Å². The highest BCUT2D eigenvalue weighted by Gasteiger charge is 2.22. The second-order valence-electron chi connectivity index (χ2n) is 5.05. The van der Waals surface area contributed by atoms with Gasteiger partial charge in [-0.05, 0) is 6.92 Å². The molecule has 0 aromatic carbocycles. The number of nitriles is 1. The van der Waals surface area contributed by atoms with Gasteiger partial charge >= 0.3 is 0 Å². The normalized spacial score (nSPS) is 12.8. The first kappa shape index (κ1) is 13.3. The number of fused-ring (bicyclic) bond motifs is 1. The number of hydrogen-bond acceptors (Lipinski definition) is 5. The summed E-state index contributed by atoms with van der Waals surface area (Å²) in [6.07, 6.45) is 5.08. The van der Waals surface area contributed by atoms with E-state index < -0.39 is 0 Å². The largest absolute Gasteiger partial charge is 0.372 e. The van der Waals surface area contributed by atoms with E-state index in [1.165, 1.54) is 0 Å². The van der Waals surface area contributed by atoms with E-state index >= 15 is 0 Å². The third-order valence-electron chi connectivity index (χ3n) is 3.84. The Morgan fingerprint density at radius 3 is 2.86 bits per heavy atom. The van der Waals surface area contributed by atoms with E-state index in [2.05, 4.69) is 26.5 Å². The fourth-order valence-electron chi connectivity index (χ4n) is 2.54. The smallest absolute Gasteiger partial charge is 0.138 e. The number of aromatic nitrogens is 4. The van der Waals surface area contributed by atoms with Gasteiger partial charge in [-0.25, -0.2) is 9.97 Å². The summed E-state index contributed by atoms with van der Waals surface area (Å²) in [6.45, 7) is 2.03. The molecule has 0 spiro atoms. The quantitative estimate of drug-likeness (QED) is 0.924. The lowest BCUT2D eigenvalue weighted by Crippen LogP contribution is -2.07. The van der Waals surface area contributed by atoms with Gasteiger partial charge < -0.3 is 5.32 Å². The molecule has 1 aliphatic carbocycles. The molecule has 2 aromatic heterocycles. The van der Waals surface area contributed by atoms with E-state index in [-0.39, 0.29) is 0 Å². The van der Waals surface area contributed by atoms with Crippen LogP contribution in [0.3, 0.4) is 0 Å². The third kappa shape index (κ3) is 2.17. The van der Waals surface area contributed by atoms with Gasteiger partial charge in [0.25, 0.3) is 0 Å². The van der Waals surface area contributed by atoms with Gasteiger partial charge in [0.1, 0.15) is 11.6 Å². The van der Waals surface area contributed by atoms with Gasteiger partial charge in [0, 0.05) is 38.2 Å². The molecule has 0 aliphatic heterocycles. The molecular formula is C15H16N6. The van der Waals surface area contributed by atoms with E-state index in [0.717, 1.165) is 34.2 Å². The lowest BCUT2D eigenvalue weighted by molar-refractivity contribution is 0.737. The number of rotatable bonds is 3. The summed E-state index contributed by atoms with van der Waals surface area (Å²) in [7, 11) is 3.74. The first-order valence-corrected chi connectivity index (χ1v) is 6.79. The molecule has 1 aliphatic rings. The molecule has 0 fully saturated rings. The van der Waals surface area contributed by atoms with Gasteiger partial charge in [-0.3, -0.25) is 4.68 Å². The molecule has 0 atom stereocenters. The molecule has 1 N–H and O–H groups in total. The molecule has 0 radical (unpaired) electrons. The highest BCUT2D eigenvalue weighted by atomic mass is 15.3. The van der Waals surface area contributed by atoms with Crippen molar-refractivity contribution in [3.63, 3.8) is 0 Å². The monoisotopic (exact) mass is 280 g/mol. The molecule has 0 bridgehead atoms. The van der Waals surface area contributed by atoms with Crippen molar-refractivity contribution in [2.24, 2.45) is 7.05 Å². The standard InChI is InChI=1S/C15H16N6/c1-9-11(8-18-21(9)3)6-13-19-12-5-4-10(7-16)14(12)15(17-2)20-13/h4,8H,5-6H2,1-3H3,(H,17,19,20). The molecular weight excluding hydrogens is 264 g/mol. The molecule has 106 valence electrons. The minimum Gasteiger partial charge on any atom is -0.372 e. The molecule has 0 unspecified atom stereocenters. The summed E-state index contributed by atoms with van der Waals surface area (Å²) in [5.41, 5.74) is 4.64. The van der Waals surface area contributed by atoms with E-state index in [0.29, 0.717) is 18.4 Å². The Hall–Kier alpha value is -2.68. The highest BCUT2D eigenvalue weighted by Crippen LogP contribution is 2.31. The Morgan fingerprint density at radius 2 is 2.24 bits per heavy atom. The van der Waals surface area contributed by atoms with Crippen LogP contribution in [-0.4, -0.2) is 26.8 Å². The number of anilines is 1. The lowest BCUT2D eigenvalue weighted by atomic mass is 10.1. The van der Waals surface area contributed by atoms with Gasteiger partial charge in [0.05, 0.1) is 29.1 Å². The average Bonchev–Trinajstić information content (AvgIpc) is 3.04. The van der Waals surface area contributed by atoms with Crippen molar-refractivity contribution in [2.45, 2.75) is 19.8 Å². The topological polar surface area (TPSA) is 79.4 Å². The predicted molar refractivity (Wildman–Crippen MR) is 79.6 cm³/mol. The summed E-state index contributed by atoms with van der Waals surface area (Å²) in [5.74, 6) is 1.48. The van der Waals surface area contributed by atoms with E-state index in [9.17, 15) is 0 Å². The average molecular weight is 280 g/mol. The van der Waals surface area contributed by atoms with Crippen LogP contribution in [0.5, 0.6) is 0 Å². The Kier molecular flexibility index (Phi) is 3.18. The molecule has 2 aromatic rings. The van der Waals surface area contributed by atoms with E-state index in [4.69, 9.17) is 5.26 Å². The van der Waals surface area contributed by atoms with Crippen LogP contribution in [0.15, 0.2) is 12.3 Å². The van der Waals surface area contributed by atoms with Crippen LogP contribution < -0.4 is 5.32 Å². The zero-order chi connectivity index (χ0) is 15.0. The zero-order valence-corrected chi connectivity index (χ0v) is 12.3. The lowest BCUT2D eigenvalue weighted by Gasteiger charge is -2.10. The minimum absolute atomic E-state index is 0.642. The minimum atomic E-state index is 0.642.